The van der Waals surface area contributed by atoms with Crippen molar-refractivity contribution in [2.75, 3.05) is 72.2 Å². The third-order valence-electron chi connectivity index (χ3n) is 6.92. The molecule has 13 nitrogen and oxygen atoms in total. The van der Waals surface area contributed by atoms with Gasteiger partial charge in [0, 0.05) is 17.3 Å². The predicted molar refractivity (Wildman–Crippen MR) is 139 cm³/mol. The Labute approximate surface area is 227 Å². The molecule has 0 aliphatic carbocycles. The minimum atomic E-state index is -1.29. The zero-order valence-corrected chi connectivity index (χ0v) is 22.9. The number of carboxylic acids is 1. The van der Waals surface area contributed by atoms with Crippen LogP contribution in [0.4, 0.5) is 9.52 Å². The third-order valence-corrected chi connectivity index (χ3v) is 8.76. The standard InChI is InChI=1S/C22H29FN8O5S2/c1-30(2)7-9-31(3,10-8-30)6-4-5-13-11-37-20-15(19(33)29(20)16(13)21(34)35)25-18(32)14(27-36-12-23)17-26-22(24)38-28-17/h4-5,15,20H,6-12H2,1-3H3,(H2-2,24,25,26,28,32,34,35)/p+2/b5-4+,27-14-/t15-,20+/m1/s1. The van der Waals surface area contributed by atoms with Crippen molar-refractivity contribution in [3.8, 4) is 0 Å². The highest BCUT2D eigenvalue weighted by Crippen LogP contribution is 2.40. The number of allylic oxidation sites excluding steroid dienone is 1. The molecule has 4 N–H and O–H groups in total. The molecule has 38 heavy (non-hydrogen) atoms. The highest BCUT2D eigenvalue weighted by Gasteiger charge is 2.54. The number of rotatable bonds is 9. The van der Waals surface area contributed by atoms with Crippen LogP contribution in [0, 0.1) is 0 Å². The Morgan fingerprint density at radius 1 is 1.32 bits per heavy atom. The molecule has 0 radical (unpaired) electrons. The number of halogens is 1. The lowest BCUT2D eigenvalue weighted by molar-refractivity contribution is -1.00. The van der Waals surface area contributed by atoms with Crippen LogP contribution in [-0.4, -0.2) is 130 Å². The molecular formula is C22H31FN8O5S2+2. The molecule has 1 aromatic rings. The van der Waals surface area contributed by atoms with Gasteiger partial charge < -0.3 is 30.0 Å². The number of nitrogens with zero attached hydrogens (tertiary/aromatic N) is 6. The van der Waals surface area contributed by atoms with Gasteiger partial charge in [0.05, 0.1) is 27.7 Å². The summed E-state index contributed by atoms with van der Waals surface area (Å²) in [6.45, 7) is 3.65. The number of aromatic nitrogens is 2. The predicted octanol–water partition coefficient (Wildman–Crippen LogP) is -0.401. The Morgan fingerprint density at radius 2 is 2.03 bits per heavy atom. The second-order valence-electron chi connectivity index (χ2n) is 10.2. The molecule has 4 heterocycles. The van der Waals surface area contributed by atoms with Crippen LogP contribution in [0.3, 0.4) is 0 Å². The molecule has 16 heteroatoms. The monoisotopic (exact) mass is 570 g/mol. The number of piperazine rings is 1. The number of hydrogen-bond acceptors (Lipinski definition) is 10. The second-order valence-corrected chi connectivity index (χ2v) is 12.1. The first-order valence-corrected chi connectivity index (χ1v) is 13.7. The molecule has 2 fully saturated rings. The SMILES string of the molecule is C[N+]1(C)CC[N+](C)(C/C=C/C2=C(C(=O)O)N3C(=O)[C@@H](NC(=O)/C(=N\OCF)c4nsc(N)n4)[C@@H]3SC2)CC1. The summed E-state index contributed by atoms with van der Waals surface area (Å²) in [7, 11) is 6.63. The first-order valence-electron chi connectivity index (χ1n) is 11.8. The first-order chi connectivity index (χ1) is 17.9. The van der Waals surface area contributed by atoms with E-state index in [1.165, 1.54) is 16.7 Å². The molecule has 2 atom stereocenters. The molecule has 3 aliphatic rings. The van der Waals surface area contributed by atoms with E-state index >= 15 is 0 Å². The lowest BCUT2D eigenvalue weighted by Gasteiger charge is -2.49. The van der Waals surface area contributed by atoms with E-state index in [0.29, 0.717) is 11.3 Å². The average molecular weight is 571 g/mol. The molecule has 4 rings (SSSR count). The molecule has 0 unspecified atom stereocenters. The van der Waals surface area contributed by atoms with Crippen molar-refractivity contribution in [3.63, 3.8) is 0 Å². The zero-order chi connectivity index (χ0) is 27.7. The second kappa shape index (κ2) is 11.0. The highest BCUT2D eigenvalue weighted by molar-refractivity contribution is 8.00. The number of nitrogens with one attached hydrogen (secondary N) is 1. The molecule has 3 aliphatic heterocycles. The van der Waals surface area contributed by atoms with Crippen molar-refractivity contribution in [2.24, 2.45) is 5.16 Å². The van der Waals surface area contributed by atoms with Crippen molar-refractivity contribution in [2.45, 2.75) is 11.4 Å². The maximum absolute atomic E-state index is 13.0. The summed E-state index contributed by atoms with van der Waals surface area (Å²) in [4.78, 5) is 47.4. The van der Waals surface area contributed by atoms with Crippen LogP contribution in [0.1, 0.15) is 5.82 Å². The van der Waals surface area contributed by atoms with Gasteiger partial charge in [0.1, 0.15) is 43.3 Å². The zero-order valence-electron chi connectivity index (χ0n) is 21.3. The summed E-state index contributed by atoms with van der Waals surface area (Å²) in [5.41, 5.74) is 5.55. The van der Waals surface area contributed by atoms with Gasteiger partial charge in [0.25, 0.3) is 18.7 Å². The number of thioether (sulfide) groups is 1. The fourth-order valence-electron chi connectivity index (χ4n) is 4.46. The van der Waals surface area contributed by atoms with E-state index in [-0.39, 0.29) is 16.7 Å². The number of β-lactam (4-membered cyclic amide) rings is 1. The van der Waals surface area contributed by atoms with Gasteiger partial charge in [-0.1, -0.05) is 11.2 Å². The van der Waals surface area contributed by atoms with E-state index in [2.05, 4.69) is 45.8 Å². The largest absolute Gasteiger partial charge is 0.477 e. The Bertz CT molecular complexity index is 1210. The number of carboxylic acid groups (broad SMARTS) is 1. The molecular weight excluding hydrogens is 539 g/mol. The lowest BCUT2D eigenvalue weighted by Crippen LogP contribution is -2.71. The molecule has 0 bridgehead atoms. The Kier molecular flexibility index (Phi) is 8.06. The van der Waals surface area contributed by atoms with E-state index < -0.39 is 41.8 Å². The summed E-state index contributed by atoms with van der Waals surface area (Å²) in [5.74, 6) is -2.49. The maximum atomic E-state index is 13.0. The lowest BCUT2D eigenvalue weighted by atomic mass is 10.0. The number of nitrogen functional groups attached to an aromatic ring is 1. The molecule has 1 aromatic heterocycles. The molecule has 2 saturated heterocycles. The van der Waals surface area contributed by atoms with Gasteiger partial charge in [-0.15, -0.1) is 11.8 Å². The van der Waals surface area contributed by atoms with Crippen molar-refractivity contribution in [3.05, 3.63) is 29.2 Å². The van der Waals surface area contributed by atoms with Crippen molar-refractivity contribution < 1.29 is 37.7 Å². The van der Waals surface area contributed by atoms with Crippen LogP contribution in [0.2, 0.25) is 0 Å². The van der Waals surface area contributed by atoms with Gasteiger partial charge in [-0.05, 0) is 11.6 Å². The Hall–Kier alpha value is -3.08. The number of alkyl halides is 1. The van der Waals surface area contributed by atoms with Crippen LogP contribution >= 0.6 is 23.3 Å². The molecule has 0 spiro atoms. The number of hydrogen-bond donors (Lipinski definition) is 3. The van der Waals surface area contributed by atoms with Gasteiger partial charge in [-0.2, -0.15) is 9.36 Å². The molecule has 0 aromatic carbocycles. The van der Waals surface area contributed by atoms with E-state index in [1.54, 1.807) is 6.08 Å². The average Bonchev–Trinajstić information content (AvgIpc) is 3.30. The topological polar surface area (TPSA) is 160 Å². The normalized spacial score (nSPS) is 24.7. The number of oxime groups is 1. The Morgan fingerprint density at radius 3 is 2.63 bits per heavy atom. The van der Waals surface area contributed by atoms with Crippen LogP contribution in [0.5, 0.6) is 0 Å². The number of carbonyl (C=O) groups is 3. The van der Waals surface area contributed by atoms with Crippen LogP contribution in [0.25, 0.3) is 0 Å². The summed E-state index contributed by atoms with van der Waals surface area (Å²) >= 11 is 2.15. The van der Waals surface area contributed by atoms with Gasteiger partial charge in [0.15, 0.2) is 5.13 Å². The number of carbonyl (C=O) groups excluding carboxylic acids is 2. The maximum Gasteiger partial charge on any atom is 0.352 e. The van der Waals surface area contributed by atoms with Crippen LogP contribution in [0.15, 0.2) is 28.6 Å². The first kappa shape index (κ1) is 27.9. The summed E-state index contributed by atoms with van der Waals surface area (Å²) < 4.78 is 18.2. The fraction of sp³-hybridized carbons (Fsp3) is 0.545. The summed E-state index contributed by atoms with van der Waals surface area (Å²) in [6, 6.07) is -1.02. The van der Waals surface area contributed by atoms with Gasteiger partial charge in [-0.25, -0.2) is 9.18 Å². The molecule has 0 saturated carbocycles. The number of fused-ring (bicyclic) bond motifs is 1. The fourth-order valence-corrected chi connectivity index (χ4v) is 6.22. The highest BCUT2D eigenvalue weighted by atomic mass is 32.2. The Balaban J connectivity index is 1.46. The van der Waals surface area contributed by atoms with Crippen LogP contribution < -0.4 is 11.1 Å². The van der Waals surface area contributed by atoms with Gasteiger partial charge in [-0.3, -0.25) is 14.5 Å². The minimum absolute atomic E-state index is 0.0607. The molecule has 206 valence electrons. The van der Waals surface area contributed by atoms with Crippen molar-refractivity contribution >= 4 is 51.9 Å². The third kappa shape index (κ3) is 5.82. The number of quaternary nitrogens is 2. The summed E-state index contributed by atoms with van der Waals surface area (Å²) in [6.07, 6.45) is 3.77. The smallest absolute Gasteiger partial charge is 0.352 e. The quantitative estimate of drug-likeness (QED) is 0.155. The number of nitrogens with two attached hydrogens (primary N) is 1. The van der Waals surface area contributed by atoms with E-state index in [4.69, 9.17) is 5.73 Å². The van der Waals surface area contributed by atoms with Crippen molar-refractivity contribution in [1.82, 2.24) is 19.6 Å². The number of aliphatic carboxylic acids is 1. The van der Waals surface area contributed by atoms with Crippen molar-refractivity contribution in [1.29, 1.82) is 0 Å². The summed E-state index contributed by atoms with van der Waals surface area (Å²) in [5, 5.41) is 15.3. The molecule has 2 amide bonds. The van der Waals surface area contributed by atoms with E-state index in [1.807, 2.05) is 6.08 Å². The van der Waals surface area contributed by atoms with E-state index in [0.717, 1.165) is 53.2 Å². The van der Waals surface area contributed by atoms with Crippen LogP contribution in [-0.2, 0) is 19.2 Å². The van der Waals surface area contributed by atoms with E-state index in [9.17, 15) is 23.9 Å². The number of anilines is 1. The number of amides is 2. The minimum Gasteiger partial charge on any atom is -0.477 e. The number of likely N-dealkylation sites (N-methyl/N-ethyl adjacent to an activating group) is 2. The van der Waals surface area contributed by atoms with Gasteiger partial charge in [0.2, 0.25) is 11.5 Å². The van der Waals surface area contributed by atoms with Gasteiger partial charge >= 0.3 is 5.97 Å².